The minimum atomic E-state index is 0.220. The third kappa shape index (κ3) is 4.38. The summed E-state index contributed by atoms with van der Waals surface area (Å²) in [4.78, 5) is 0. The van der Waals surface area contributed by atoms with Crippen LogP contribution in [0.4, 0.5) is 5.69 Å². The van der Waals surface area contributed by atoms with Crippen LogP contribution in [0, 0.1) is 0 Å². The molecule has 0 spiro atoms. The second-order valence-electron chi connectivity index (χ2n) is 3.59. The largest absolute Gasteiger partial charge is 0.380 e. The van der Waals surface area contributed by atoms with Crippen molar-refractivity contribution in [2.75, 3.05) is 18.5 Å². The van der Waals surface area contributed by atoms with Crippen molar-refractivity contribution in [2.24, 2.45) is 0 Å². The van der Waals surface area contributed by atoms with Crippen LogP contribution in [0.2, 0.25) is 15.1 Å². The van der Waals surface area contributed by atoms with Gasteiger partial charge in [0.1, 0.15) is 0 Å². The summed E-state index contributed by atoms with van der Waals surface area (Å²) in [5.41, 5.74) is 0.695. The van der Waals surface area contributed by atoms with Gasteiger partial charge >= 0.3 is 0 Å². The molecule has 0 aliphatic rings. The summed E-state index contributed by atoms with van der Waals surface area (Å²) in [7, 11) is 0. The molecule has 0 heterocycles. The van der Waals surface area contributed by atoms with Crippen LogP contribution in [0.1, 0.15) is 13.8 Å². The van der Waals surface area contributed by atoms with Gasteiger partial charge < -0.3 is 10.1 Å². The zero-order valence-electron chi connectivity index (χ0n) is 9.19. The Hall–Kier alpha value is -0.150. The Labute approximate surface area is 111 Å². The van der Waals surface area contributed by atoms with Gasteiger partial charge in [0.2, 0.25) is 0 Å². The number of nitrogens with one attached hydrogen (secondary N) is 1. The summed E-state index contributed by atoms with van der Waals surface area (Å²) >= 11 is 17.8. The van der Waals surface area contributed by atoms with Gasteiger partial charge in [-0.1, -0.05) is 34.8 Å². The maximum Gasteiger partial charge on any atom is 0.0720 e. The SMILES string of the molecule is CC(C)OCCNc1c(Cl)cc(Cl)cc1Cl. The van der Waals surface area contributed by atoms with Gasteiger partial charge in [-0.2, -0.15) is 0 Å². The molecule has 0 bridgehead atoms. The molecule has 0 amide bonds. The molecule has 0 radical (unpaired) electrons. The maximum absolute atomic E-state index is 6.00. The van der Waals surface area contributed by atoms with Crippen molar-refractivity contribution in [3.63, 3.8) is 0 Å². The maximum atomic E-state index is 6.00. The first kappa shape index (κ1) is 13.9. The average Bonchev–Trinajstić information content (AvgIpc) is 2.14. The van der Waals surface area contributed by atoms with Gasteiger partial charge in [-0.3, -0.25) is 0 Å². The third-order valence-electron chi connectivity index (χ3n) is 1.86. The highest BCUT2D eigenvalue weighted by Gasteiger charge is 2.06. The molecule has 0 saturated heterocycles. The van der Waals surface area contributed by atoms with E-state index < -0.39 is 0 Å². The number of rotatable bonds is 5. The predicted molar refractivity (Wildman–Crippen MR) is 71.0 cm³/mol. The Morgan fingerprint density at radius 1 is 1.19 bits per heavy atom. The Balaban J connectivity index is 2.54. The average molecular weight is 283 g/mol. The fraction of sp³-hybridized carbons (Fsp3) is 0.455. The van der Waals surface area contributed by atoms with Crippen molar-refractivity contribution >= 4 is 40.5 Å². The topological polar surface area (TPSA) is 21.3 Å². The summed E-state index contributed by atoms with van der Waals surface area (Å²) in [6.45, 7) is 5.23. The molecule has 1 rings (SSSR count). The Kier molecular flexibility index (Phi) is 5.70. The number of benzene rings is 1. The molecule has 0 aliphatic carbocycles. The van der Waals surface area contributed by atoms with Gasteiger partial charge in [-0.25, -0.2) is 0 Å². The Bertz CT molecular complexity index is 332. The smallest absolute Gasteiger partial charge is 0.0720 e. The van der Waals surface area contributed by atoms with E-state index in [1.54, 1.807) is 12.1 Å². The molecule has 90 valence electrons. The van der Waals surface area contributed by atoms with Crippen molar-refractivity contribution < 1.29 is 4.74 Å². The molecule has 5 heteroatoms. The van der Waals surface area contributed by atoms with E-state index in [1.165, 1.54) is 0 Å². The minimum absolute atomic E-state index is 0.220. The van der Waals surface area contributed by atoms with Gasteiger partial charge in [-0.05, 0) is 26.0 Å². The summed E-state index contributed by atoms with van der Waals surface area (Å²) in [6.07, 6.45) is 0.220. The second-order valence-corrected chi connectivity index (χ2v) is 4.84. The van der Waals surface area contributed by atoms with Crippen molar-refractivity contribution in [3.8, 4) is 0 Å². The lowest BCUT2D eigenvalue weighted by molar-refractivity contribution is 0.0870. The summed E-state index contributed by atoms with van der Waals surface area (Å²) in [6, 6.07) is 3.31. The molecule has 0 unspecified atom stereocenters. The second kappa shape index (κ2) is 6.55. The number of hydrogen-bond donors (Lipinski definition) is 1. The standard InChI is InChI=1S/C11H14Cl3NO/c1-7(2)16-4-3-15-11-9(13)5-8(12)6-10(11)14/h5-7,15H,3-4H2,1-2H3. The van der Waals surface area contributed by atoms with Gasteiger partial charge in [-0.15, -0.1) is 0 Å². The fourth-order valence-corrected chi connectivity index (χ4v) is 2.13. The number of anilines is 1. The molecule has 1 aromatic rings. The first-order valence-corrected chi connectivity index (χ1v) is 6.14. The quantitative estimate of drug-likeness (QED) is 0.804. The van der Waals surface area contributed by atoms with Crippen LogP contribution in [-0.2, 0) is 4.74 Å². The number of ether oxygens (including phenoxy) is 1. The monoisotopic (exact) mass is 281 g/mol. The molecule has 2 nitrogen and oxygen atoms in total. The van der Waals surface area contributed by atoms with E-state index in [0.717, 1.165) is 0 Å². The predicted octanol–water partition coefficient (Wildman–Crippen LogP) is 4.48. The van der Waals surface area contributed by atoms with Crippen LogP contribution in [0.5, 0.6) is 0 Å². The van der Waals surface area contributed by atoms with E-state index in [9.17, 15) is 0 Å². The molecule has 16 heavy (non-hydrogen) atoms. The molecule has 0 fully saturated rings. The van der Waals surface area contributed by atoms with Gasteiger partial charge in [0.05, 0.1) is 28.4 Å². The number of halogens is 3. The van der Waals surface area contributed by atoms with Gasteiger partial charge in [0, 0.05) is 11.6 Å². The van der Waals surface area contributed by atoms with Crippen LogP contribution in [0.15, 0.2) is 12.1 Å². The molecular formula is C11H14Cl3NO. The van der Waals surface area contributed by atoms with Crippen LogP contribution in [0.3, 0.4) is 0 Å². The van der Waals surface area contributed by atoms with Crippen molar-refractivity contribution in [1.29, 1.82) is 0 Å². The molecule has 0 aromatic heterocycles. The van der Waals surface area contributed by atoms with Gasteiger partial charge in [0.15, 0.2) is 0 Å². The normalized spacial score (nSPS) is 10.9. The highest BCUT2D eigenvalue weighted by atomic mass is 35.5. The summed E-state index contributed by atoms with van der Waals surface area (Å²) in [5.74, 6) is 0. The van der Waals surface area contributed by atoms with E-state index >= 15 is 0 Å². The number of hydrogen-bond acceptors (Lipinski definition) is 2. The first-order valence-electron chi connectivity index (χ1n) is 5.00. The van der Waals surface area contributed by atoms with E-state index in [4.69, 9.17) is 39.5 Å². The van der Waals surface area contributed by atoms with Crippen LogP contribution < -0.4 is 5.32 Å². The van der Waals surface area contributed by atoms with E-state index in [1.807, 2.05) is 13.8 Å². The molecule has 0 saturated carbocycles. The lowest BCUT2D eigenvalue weighted by Gasteiger charge is -2.12. The molecule has 0 aliphatic heterocycles. The first-order chi connectivity index (χ1) is 7.50. The zero-order valence-corrected chi connectivity index (χ0v) is 11.5. The lowest BCUT2D eigenvalue weighted by atomic mass is 10.3. The highest BCUT2D eigenvalue weighted by Crippen LogP contribution is 2.33. The van der Waals surface area contributed by atoms with Crippen LogP contribution >= 0.6 is 34.8 Å². The molecule has 0 atom stereocenters. The highest BCUT2D eigenvalue weighted by molar-refractivity contribution is 6.41. The fourth-order valence-electron chi connectivity index (χ4n) is 1.18. The lowest BCUT2D eigenvalue weighted by Crippen LogP contribution is -2.13. The van der Waals surface area contributed by atoms with Crippen molar-refractivity contribution in [2.45, 2.75) is 20.0 Å². The minimum Gasteiger partial charge on any atom is -0.380 e. The summed E-state index contributed by atoms with van der Waals surface area (Å²) < 4.78 is 5.39. The molecule has 1 N–H and O–H groups in total. The Morgan fingerprint density at radius 3 is 2.25 bits per heavy atom. The van der Waals surface area contributed by atoms with Gasteiger partial charge in [0.25, 0.3) is 0 Å². The van der Waals surface area contributed by atoms with Crippen LogP contribution in [-0.4, -0.2) is 19.3 Å². The van der Waals surface area contributed by atoms with Crippen molar-refractivity contribution in [1.82, 2.24) is 0 Å². The zero-order chi connectivity index (χ0) is 12.1. The third-order valence-corrected chi connectivity index (χ3v) is 2.68. The summed E-state index contributed by atoms with van der Waals surface area (Å²) in [5, 5.41) is 4.67. The molecular weight excluding hydrogens is 268 g/mol. The van der Waals surface area contributed by atoms with E-state index in [2.05, 4.69) is 5.32 Å². The molecule has 1 aromatic carbocycles. The van der Waals surface area contributed by atoms with E-state index in [-0.39, 0.29) is 6.10 Å². The van der Waals surface area contributed by atoms with Crippen molar-refractivity contribution in [3.05, 3.63) is 27.2 Å². The van der Waals surface area contributed by atoms with E-state index in [0.29, 0.717) is 33.9 Å². The van der Waals surface area contributed by atoms with Crippen LogP contribution in [0.25, 0.3) is 0 Å². The Morgan fingerprint density at radius 2 is 1.75 bits per heavy atom.